The van der Waals surface area contributed by atoms with Gasteiger partial charge in [0.05, 0.1) is 20.1 Å². The fourth-order valence-electron chi connectivity index (χ4n) is 3.24. The van der Waals surface area contributed by atoms with Crippen molar-refractivity contribution in [1.82, 2.24) is 9.88 Å². The van der Waals surface area contributed by atoms with Crippen LogP contribution in [0.5, 0.6) is 0 Å². The van der Waals surface area contributed by atoms with Crippen molar-refractivity contribution in [1.29, 1.82) is 0 Å². The van der Waals surface area contributed by atoms with Crippen LogP contribution in [0.15, 0.2) is 46.3 Å². The standard InChI is InChI=1S/C19H19BrN2O2S/c20-18-10-15-17(25-18)9-16(19(23)21-11-14-7-4-8-24-14)22(15)12-13-5-2-1-3-6-13/h1-3,5-6,9-10,14H,4,7-8,11-12H2,(H,21,23)/t14-/m0/s1. The van der Waals surface area contributed by atoms with Gasteiger partial charge in [-0.05, 0) is 46.5 Å². The van der Waals surface area contributed by atoms with E-state index < -0.39 is 0 Å². The number of thiophene rings is 1. The lowest BCUT2D eigenvalue weighted by atomic mass is 10.2. The van der Waals surface area contributed by atoms with Crippen LogP contribution in [0.3, 0.4) is 0 Å². The first-order valence-electron chi connectivity index (χ1n) is 8.43. The highest BCUT2D eigenvalue weighted by Crippen LogP contribution is 2.33. The minimum absolute atomic E-state index is 0.0362. The maximum absolute atomic E-state index is 12.8. The maximum atomic E-state index is 12.8. The quantitative estimate of drug-likeness (QED) is 0.665. The van der Waals surface area contributed by atoms with E-state index in [4.69, 9.17) is 4.74 Å². The second-order valence-electron chi connectivity index (χ2n) is 6.25. The van der Waals surface area contributed by atoms with Gasteiger partial charge in [-0.2, -0.15) is 0 Å². The Balaban J connectivity index is 1.61. The van der Waals surface area contributed by atoms with Crippen molar-refractivity contribution in [2.45, 2.75) is 25.5 Å². The average Bonchev–Trinajstić information content (AvgIpc) is 3.32. The van der Waals surface area contributed by atoms with E-state index in [2.05, 4.69) is 44.0 Å². The van der Waals surface area contributed by atoms with Gasteiger partial charge in [0.25, 0.3) is 5.91 Å². The Morgan fingerprint density at radius 2 is 2.16 bits per heavy atom. The van der Waals surface area contributed by atoms with Crippen molar-refractivity contribution in [3.05, 3.63) is 57.5 Å². The van der Waals surface area contributed by atoms with E-state index in [1.807, 2.05) is 24.3 Å². The van der Waals surface area contributed by atoms with Crippen molar-refractivity contribution in [2.24, 2.45) is 0 Å². The number of aromatic nitrogens is 1. The first-order valence-corrected chi connectivity index (χ1v) is 10.0. The van der Waals surface area contributed by atoms with Crippen LogP contribution in [0.2, 0.25) is 0 Å². The molecule has 0 spiro atoms. The summed E-state index contributed by atoms with van der Waals surface area (Å²) in [6.45, 7) is 2.05. The molecule has 0 unspecified atom stereocenters. The number of fused-ring (bicyclic) bond motifs is 1. The molecule has 6 heteroatoms. The largest absolute Gasteiger partial charge is 0.376 e. The minimum atomic E-state index is -0.0362. The van der Waals surface area contributed by atoms with E-state index in [-0.39, 0.29) is 12.0 Å². The van der Waals surface area contributed by atoms with Gasteiger partial charge in [-0.3, -0.25) is 4.79 Å². The Morgan fingerprint density at radius 1 is 1.32 bits per heavy atom. The van der Waals surface area contributed by atoms with Crippen LogP contribution < -0.4 is 5.32 Å². The average molecular weight is 419 g/mol. The van der Waals surface area contributed by atoms with Crippen molar-refractivity contribution < 1.29 is 9.53 Å². The number of nitrogens with one attached hydrogen (secondary N) is 1. The minimum Gasteiger partial charge on any atom is -0.376 e. The molecule has 0 saturated carbocycles. The van der Waals surface area contributed by atoms with E-state index in [1.54, 1.807) is 11.3 Å². The van der Waals surface area contributed by atoms with Gasteiger partial charge in [0.2, 0.25) is 0 Å². The first kappa shape index (κ1) is 16.8. The van der Waals surface area contributed by atoms with Crippen LogP contribution in [-0.4, -0.2) is 29.7 Å². The van der Waals surface area contributed by atoms with Gasteiger partial charge in [0, 0.05) is 19.7 Å². The molecule has 3 heterocycles. The van der Waals surface area contributed by atoms with Gasteiger partial charge in [-0.1, -0.05) is 30.3 Å². The van der Waals surface area contributed by atoms with Crippen LogP contribution in [0.1, 0.15) is 28.9 Å². The van der Waals surface area contributed by atoms with E-state index in [0.717, 1.165) is 33.5 Å². The predicted molar refractivity (Wildman–Crippen MR) is 104 cm³/mol. The molecule has 0 aliphatic carbocycles. The second kappa shape index (κ2) is 7.32. The summed E-state index contributed by atoms with van der Waals surface area (Å²) in [4.78, 5) is 12.8. The molecule has 0 radical (unpaired) electrons. The van der Waals surface area contributed by atoms with Crippen LogP contribution >= 0.6 is 27.3 Å². The highest BCUT2D eigenvalue weighted by atomic mass is 79.9. The Kier molecular flexibility index (Phi) is 4.92. The number of halogens is 1. The first-order chi connectivity index (χ1) is 12.2. The Labute approximate surface area is 158 Å². The van der Waals surface area contributed by atoms with Crippen LogP contribution in [0.4, 0.5) is 0 Å². The number of carbonyl (C=O) groups excluding carboxylic acids is 1. The van der Waals surface area contributed by atoms with Gasteiger partial charge < -0.3 is 14.6 Å². The molecule has 2 aromatic heterocycles. The molecule has 1 atom stereocenters. The molecule has 130 valence electrons. The van der Waals surface area contributed by atoms with Gasteiger partial charge in [-0.15, -0.1) is 11.3 Å². The number of ether oxygens (including phenoxy) is 1. The summed E-state index contributed by atoms with van der Waals surface area (Å²) in [6, 6.07) is 14.3. The van der Waals surface area contributed by atoms with Crippen LogP contribution in [0.25, 0.3) is 10.2 Å². The summed E-state index contributed by atoms with van der Waals surface area (Å²) >= 11 is 5.20. The zero-order chi connectivity index (χ0) is 17.2. The van der Waals surface area contributed by atoms with E-state index >= 15 is 0 Å². The molecule has 1 aliphatic heterocycles. The number of hydrogen-bond donors (Lipinski definition) is 1. The SMILES string of the molecule is O=C(NC[C@@H]1CCCO1)c1cc2sc(Br)cc2n1Cc1ccccc1. The van der Waals surface area contributed by atoms with Crippen molar-refractivity contribution in [3.8, 4) is 0 Å². The zero-order valence-corrected chi connectivity index (χ0v) is 16.1. The van der Waals surface area contributed by atoms with E-state index in [0.29, 0.717) is 18.8 Å². The lowest BCUT2D eigenvalue weighted by Crippen LogP contribution is -2.33. The second-order valence-corrected chi connectivity index (χ2v) is 8.71. The normalized spacial score (nSPS) is 17.2. The third-order valence-electron chi connectivity index (χ3n) is 4.49. The third kappa shape index (κ3) is 3.66. The van der Waals surface area contributed by atoms with E-state index in [1.165, 1.54) is 5.56 Å². The number of carbonyl (C=O) groups is 1. The summed E-state index contributed by atoms with van der Waals surface area (Å²) in [5.41, 5.74) is 2.97. The van der Waals surface area contributed by atoms with Crippen LogP contribution in [-0.2, 0) is 11.3 Å². The molecule has 3 aromatic rings. The molecular weight excluding hydrogens is 400 g/mol. The Morgan fingerprint density at radius 3 is 2.92 bits per heavy atom. The number of rotatable bonds is 5. The van der Waals surface area contributed by atoms with Crippen molar-refractivity contribution in [3.63, 3.8) is 0 Å². The molecule has 1 N–H and O–H groups in total. The smallest absolute Gasteiger partial charge is 0.268 e. The van der Waals surface area contributed by atoms with Gasteiger partial charge in [0.15, 0.2) is 0 Å². The zero-order valence-electron chi connectivity index (χ0n) is 13.7. The number of nitrogens with zero attached hydrogens (tertiary/aromatic N) is 1. The van der Waals surface area contributed by atoms with Gasteiger partial charge >= 0.3 is 0 Å². The lowest BCUT2D eigenvalue weighted by Gasteiger charge is -2.13. The molecule has 4 nitrogen and oxygen atoms in total. The van der Waals surface area contributed by atoms with Crippen molar-refractivity contribution in [2.75, 3.05) is 13.2 Å². The Hall–Kier alpha value is -1.63. The lowest BCUT2D eigenvalue weighted by molar-refractivity contribution is 0.0851. The summed E-state index contributed by atoms with van der Waals surface area (Å²) < 4.78 is 9.88. The molecule has 1 amide bonds. The summed E-state index contributed by atoms with van der Waals surface area (Å²) in [5.74, 6) is -0.0362. The highest BCUT2D eigenvalue weighted by molar-refractivity contribution is 9.11. The molecule has 0 bridgehead atoms. The third-order valence-corrected chi connectivity index (χ3v) is 6.06. The number of amides is 1. The van der Waals surface area contributed by atoms with Crippen LogP contribution in [0, 0.1) is 0 Å². The molecule has 1 aromatic carbocycles. The highest BCUT2D eigenvalue weighted by Gasteiger charge is 2.20. The number of benzene rings is 1. The Bertz CT molecular complexity index is 882. The van der Waals surface area contributed by atoms with Gasteiger partial charge in [0.1, 0.15) is 5.69 Å². The summed E-state index contributed by atoms with van der Waals surface area (Å²) in [6.07, 6.45) is 2.25. The molecule has 1 fully saturated rings. The molecule has 1 saturated heterocycles. The van der Waals surface area contributed by atoms with Gasteiger partial charge in [-0.25, -0.2) is 0 Å². The monoisotopic (exact) mass is 418 g/mol. The van der Waals surface area contributed by atoms with Crippen molar-refractivity contribution >= 4 is 43.4 Å². The fraction of sp³-hybridized carbons (Fsp3) is 0.316. The molecule has 4 rings (SSSR count). The van der Waals surface area contributed by atoms with E-state index in [9.17, 15) is 4.79 Å². The molecular formula is C19H19BrN2O2S. The summed E-state index contributed by atoms with van der Waals surface area (Å²) in [7, 11) is 0. The topological polar surface area (TPSA) is 43.3 Å². The summed E-state index contributed by atoms with van der Waals surface area (Å²) in [5, 5.41) is 3.04. The molecule has 1 aliphatic rings. The molecule has 25 heavy (non-hydrogen) atoms. The maximum Gasteiger partial charge on any atom is 0.268 e. The number of hydrogen-bond acceptors (Lipinski definition) is 3. The fourth-order valence-corrected chi connectivity index (χ4v) is 4.80. The predicted octanol–water partition coefficient (Wildman–Crippen LogP) is 4.42.